The summed E-state index contributed by atoms with van der Waals surface area (Å²) in [7, 11) is -4.41. The van der Waals surface area contributed by atoms with Crippen LogP contribution < -0.4 is 5.73 Å². The molecule has 0 saturated heterocycles. The Morgan fingerprint density at radius 1 is 0.390 bits per heavy atom. The van der Waals surface area contributed by atoms with Gasteiger partial charge < -0.3 is 20.1 Å². The van der Waals surface area contributed by atoms with Gasteiger partial charge in [0.2, 0.25) is 0 Å². The fraction of sp³-hybridized carbons (Fsp3) is 0.612. The Hall–Kier alpha value is -4.11. The molecule has 0 aromatic rings. The molecule has 0 fully saturated rings. The number of hydrogen-bond donors (Lipinski definition) is 2. The average molecular weight is 1090 g/mol. The highest BCUT2D eigenvalue weighted by Crippen LogP contribution is 2.43. The number of rotatable bonds is 55. The number of hydrogen-bond acceptors (Lipinski definition) is 8. The van der Waals surface area contributed by atoms with Gasteiger partial charge in [-0.15, -0.1) is 0 Å². The Morgan fingerprint density at radius 2 is 0.675 bits per heavy atom. The minimum Gasteiger partial charge on any atom is -0.462 e. The molecule has 77 heavy (non-hydrogen) atoms. The molecule has 0 bridgehead atoms. The van der Waals surface area contributed by atoms with Gasteiger partial charge in [0.05, 0.1) is 13.2 Å². The van der Waals surface area contributed by atoms with E-state index in [2.05, 4.69) is 160 Å². The Kier molecular flexibility index (Phi) is 57.8. The highest BCUT2D eigenvalue weighted by Gasteiger charge is 2.26. The summed E-state index contributed by atoms with van der Waals surface area (Å²) in [6.07, 6.45) is 87.7. The van der Waals surface area contributed by atoms with E-state index in [-0.39, 0.29) is 32.6 Å². The van der Waals surface area contributed by atoms with E-state index in [0.717, 1.165) is 116 Å². The van der Waals surface area contributed by atoms with Gasteiger partial charge in [-0.3, -0.25) is 18.6 Å². The number of phosphoric acid groups is 1. The molecule has 0 aliphatic heterocycles. The zero-order valence-corrected chi connectivity index (χ0v) is 49.5. The lowest BCUT2D eigenvalue weighted by Gasteiger charge is -2.19. The molecule has 0 aromatic heterocycles. The third-order valence-electron chi connectivity index (χ3n) is 12.2. The topological polar surface area (TPSA) is 134 Å². The van der Waals surface area contributed by atoms with Crippen molar-refractivity contribution in [3.8, 4) is 0 Å². The van der Waals surface area contributed by atoms with Crippen LogP contribution in [0.25, 0.3) is 0 Å². The third kappa shape index (κ3) is 61.0. The highest BCUT2D eigenvalue weighted by atomic mass is 31.2. The first kappa shape index (κ1) is 72.9. The molecule has 0 heterocycles. The molecular formula is C67H110NO8P. The lowest BCUT2D eigenvalue weighted by molar-refractivity contribution is -0.161. The fourth-order valence-electron chi connectivity index (χ4n) is 7.82. The quantitative estimate of drug-likeness (QED) is 0.0264. The fourth-order valence-corrected chi connectivity index (χ4v) is 8.58. The SMILES string of the molecule is CC/C=C\C/C=C\C/C=C\C/C=C\C/C=C\C/C=C\C/C=C\CCCCCCCCCCCCCCCCCC(=O)OC(COC(=O)CCCCC/C=C\C/C=C\C/C=C\C/C=C\C/C=C\CC)COP(=O)(O)OCCN. The van der Waals surface area contributed by atoms with Crippen LogP contribution in [0.2, 0.25) is 0 Å². The summed E-state index contributed by atoms with van der Waals surface area (Å²) in [5, 5.41) is 0. The van der Waals surface area contributed by atoms with E-state index in [0.29, 0.717) is 12.8 Å². The standard InChI is InChI=1S/C67H110NO8P/c1-3-5-7-9-11-13-15-17-19-21-23-24-25-26-27-28-29-30-31-32-33-34-35-36-37-38-39-40-42-44-46-48-50-52-54-56-58-60-67(70)76-65(64-75-77(71,72)74-62-61-68)63-73-66(69)59-57-55-53-51-49-47-45-43-41-22-20-18-16-14-12-10-8-6-4-2/h5-8,11-14,17-20,23-24,26-27,29-30,32-33,41,43,47,49,65H,3-4,9-10,15-16,21-22,25,28,31,34-40,42,44-46,48,50-64,68H2,1-2H3,(H,71,72)/b7-5-,8-6-,13-11-,14-12-,19-17-,20-18-,24-23-,27-26-,30-29-,33-32-,43-41-,49-47-. The molecule has 10 heteroatoms. The Morgan fingerprint density at radius 3 is 1.01 bits per heavy atom. The molecule has 0 aliphatic rings. The number of allylic oxidation sites excluding steroid dienone is 24. The van der Waals surface area contributed by atoms with Crippen molar-refractivity contribution < 1.29 is 37.6 Å². The second-order valence-electron chi connectivity index (χ2n) is 19.5. The lowest BCUT2D eigenvalue weighted by Crippen LogP contribution is -2.29. The third-order valence-corrected chi connectivity index (χ3v) is 13.2. The number of phosphoric ester groups is 1. The van der Waals surface area contributed by atoms with Crippen molar-refractivity contribution in [3.63, 3.8) is 0 Å². The van der Waals surface area contributed by atoms with Crippen LogP contribution in [0.15, 0.2) is 146 Å². The number of carbonyl (C=O) groups excluding carboxylic acids is 2. The summed E-state index contributed by atoms with van der Waals surface area (Å²) in [6, 6.07) is 0. The maximum Gasteiger partial charge on any atom is 0.472 e. The van der Waals surface area contributed by atoms with Crippen LogP contribution in [0.5, 0.6) is 0 Å². The summed E-state index contributed by atoms with van der Waals surface area (Å²) < 4.78 is 33.0. The lowest BCUT2D eigenvalue weighted by atomic mass is 10.0. The molecule has 2 unspecified atom stereocenters. The van der Waals surface area contributed by atoms with E-state index in [1.165, 1.54) is 77.0 Å². The second-order valence-corrected chi connectivity index (χ2v) is 20.9. The van der Waals surface area contributed by atoms with Gasteiger partial charge in [0.25, 0.3) is 0 Å². The summed E-state index contributed by atoms with van der Waals surface area (Å²) in [6.45, 7) is 3.46. The summed E-state index contributed by atoms with van der Waals surface area (Å²) in [4.78, 5) is 35.2. The highest BCUT2D eigenvalue weighted by molar-refractivity contribution is 7.47. The van der Waals surface area contributed by atoms with Crippen LogP contribution >= 0.6 is 7.82 Å². The normalized spacial score (nSPS) is 14.1. The zero-order chi connectivity index (χ0) is 55.9. The minimum absolute atomic E-state index is 0.0419. The molecule has 2 atom stereocenters. The van der Waals surface area contributed by atoms with Gasteiger partial charge in [-0.2, -0.15) is 0 Å². The number of ether oxygens (including phenoxy) is 2. The maximum atomic E-state index is 12.7. The van der Waals surface area contributed by atoms with Crippen LogP contribution in [0.4, 0.5) is 0 Å². The van der Waals surface area contributed by atoms with E-state index >= 15 is 0 Å². The van der Waals surface area contributed by atoms with Gasteiger partial charge in [-0.25, -0.2) is 4.57 Å². The maximum absolute atomic E-state index is 12.7. The van der Waals surface area contributed by atoms with E-state index in [4.69, 9.17) is 24.3 Å². The Labute approximate surface area is 471 Å². The van der Waals surface area contributed by atoms with Gasteiger partial charge in [0, 0.05) is 19.4 Å². The van der Waals surface area contributed by atoms with Gasteiger partial charge in [0.1, 0.15) is 6.61 Å². The average Bonchev–Trinajstić information content (AvgIpc) is 3.42. The zero-order valence-electron chi connectivity index (χ0n) is 48.6. The minimum atomic E-state index is -4.41. The molecule has 0 aromatic carbocycles. The molecule has 0 saturated carbocycles. The molecule has 9 nitrogen and oxygen atoms in total. The van der Waals surface area contributed by atoms with Crippen molar-refractivity contribution in [2.45, 2.75) is 238 Å². The summed E-state index contributed by atoms with van der Waals surface area (Å²) in [5.41, 5.74) is 5.38. The number of esters is 2. The first-order chi connectivity index (χ1) is 37.8. The van der Waals surface area contributed by atoms with Crippen molar-refractivity contribution >= 4 is 19.8 Å². The molecule has 0 spiro atoms. The van der Waals surface area contributed by atoms with E-state index < -0.39 is 32.5 Å². The van der Waals surface area contributed by atoms with Crippen molar-refractivity contribution in [1.29, 1.82) is 0 Å². The predicted octanol–water partition coefficient (Wildman–Crippen LogP) is 19.5. The molecule has 3 N–H and O–H groups in total. The van der Waals surface area contributed by atoms with E-state index in [1.54, 1.807) is 0 Å². The van der Waals surface area contributed by atoms with Crippen LogP contribution in [-0.2, 0) is 32.7 Å². The monoisotopic (exact) mass is 1090 g/mol. The van der Waals surface area contributed by atoms with Gasteiger partial charge >= 0.3 is 19.8 Å². The smallest absolute Gasteiger partial charge is 0.462 e. The van der Waals surface area contributed by atoms with Gasteiger partial charge in [0.15, 0.2) is 6.10 Å². The largest absolute Gasteiger partial charge is 0.472 e. The first-order valence-corrected chi connectivity index (χ1v) is 31.8. The number of carbonyl (C=O) groups is 2. The predicted molar refractivity (Wildman–Crippen MR) is 330 cm³/mol. The van der Waals surface area contributed by atoms with E-state index in [1.807, 2.05) is 0 Å². The molecule has 0 aliphatic carbocycles. The summed E-state index contributed by atoms with van der Waals surface area (Å²) >= 11 is 0. The number of unbranched alkanes of at least 4 members (excludes halogenated alkanes) is 18. The Balaban J connectivity index is 3.97. The van der Waals surface area contributed by atoms with Crippen LogP contribution in [0.3, 0.4) is 0 Å². The summed E-state index contributed by atoms with van der Waals surface area (Å²) in [5.74, 6) is -0.872. The van der Waals surface area contributed by atoms with Gasteiger partial charge in [-0.05, 0) is 116 Å². The first-order valence-electron chi connectivity index (χ1n) is 30.3. The van der Waals surface area contributed by atoms with E-state index in [9.17, 15) is 19.0 Å². The molecule has 0 amide bonds. The molecule has 0 radical (unpaired) electrons. The van der Waals surface area contributed by atoms with Crippen molar-refractivity contribution in [2.24, 2.45) is 5.73 Å². The van der Waals surface area contributed by atoms with Crippen LogP contribution in [0, 0.1) is 0 Å². The number of nitrogens with two attached hydrogens (primary N) is 1. The van der Waals surface area contributed by atoms with Gasteiger partial charge in [-0.1, -0.05) is 250 Å². The van der Waals surface area contributed by atoms with Crippen molar-refractivity contribution in [2.75, 3.05) is 26.4 Å². The van der Waals surface area contributed by atoms with Crippen molar-refractivity contribution in [1.82, 2.24) is 0 Å². The van der Waals surface area contributed by atoms with Crippen molar-refractivity contribution in [3.05, 3.63) is 146 Å². The molecular weight excluding hydrogens is 978 g/mol. The van der Waals surface area contributed by atoms with Crippen LogP contribution in [-0.4, -0.2) is 49.3 Å². The second kappa shape index (κ2) is 61.1. The molecule has 436 valence electrons. The molecule has 0 rings (SSSR count). The Bertz CT molecular complexity index is 1770. The van der Waals surface area contributed by atoms with Crippen LogP contribution in [0.1, 0.15) is 232 Å².